The predicted molar refractivity (Wildman–Crippen MR) is 125 cm³/mol. The fourth-order valence-electron chi connectivity index (χ4n) is 5.27. The van der Waals surface area contributed by atoms with Crippen molar-refractivity contribution in [2.24, 2.45) is 0 Å². The Morgan fingerprint density at radius 1 is 1.17 bits per heavy atom. The molecule has 2 aliphatic rings. The van der Waals surface area contributed by atoms with Crippen molar-refractivity contribution in [2.45, 2.75) is 44.8 Å². The number of pyridine rings is 2. The lowest BCUT2D eigenvalue weighted by Gasteiger charge is -2.24. The predicted octanol–water partition coefficient (Wildman–Crippen LogP) is 5.83. The van der Waals surface area contributed by atoms with Crippen molar-refractivity contribution in [3.8, 4) is 28.3 Å². The van der Waals surface area contributed by atoms with Crippen LogP contribution in [0, 0.1) is 5.82 Å². The lowest BCUT2D eigenvalue weighted by Crippen LogP contribution is -2.14. The molecule has 0 saturated heterocycles. The smallest absolute Gasteiger partial charge is 0.292 e. The van der Waals surface area contributed by atoms with Crippen molar-refractivity contribution in [1.82, 2.24) is 19.7 Å². The highest BCUT2D eigenvalue weighted by atomic mass is 19.3. The number of fused-ring (bicyclic) bond motifs is 7. The minimum Gasteiger partial charge on any atom is -0.482 e. The number of hydrogen-bond donors (Lipinski definition) is 1. The molecule has 9 heteroatoms. The molecule has 0 saturated carbocycles. The highest BCUT2D eigenvalue weighted by Crippen LogP contribution is 2.55. The second-order valence-corrected chi connectivity index (χ2v) is 8.93. The largest absolute Gasteiger partial charge is 0.482 e. The number of nitrogens with two attached hydrogens (primary N) is 1. The van der Waals surface area contributed by atoms with Crippen LogP contribution in [0.1, 0.15) is 54.7 Å². The van der Waals surface area contributed by atoms with Gasteiger partial charge in [-0.25, -0.2) is 9.37 Å². The zero-order chi connectivity index (χ0) is 24.5. The molecule has 1 aromatic carbocycles. The molecule has 3 aromatic heterocycles. The van der Waals surface area contributed by atoms with Crippen molar-refractivity contribution < 1.29 is 17.9 Å². The van der Waals surface area contributed by atoms with Gasteiger partial charge in [-0.1, -0.05) is 6.07 Å². The number of nitrogens with zero attached hydrogens (tertiary/aromatic N) is 4. The molecule has 2 N–H and O–H groups in total. The monoisotopic (exact) mass is 477 g/mol. The van der Waals surface area contributed by atoms with Crippen LogP contribution < -0.4 is 10.5 Å². The molecule has 1 aliphatic heterocycles. The lowest BCUT2D eigenvalue weighted by molar-refractivity contribution is -0.00987. The van der Waals surface area contributed by atoms with E-state index in [1.165, 1.54) is 12.1 Å². The van der Waals surface area contributed by atoms with E-state index in [1.807, 2.05) is 13.0 Å². The lowest BCUT2D eigenvalue weighted by atomic mass is 9.86. The van der Waals surface area contributed by atoms with Gasteiger partial charge in [0.25, 0.3) is 5.92 Å². The van der Waals surface area contributed by atoms with Gasteiger partial charge in [-0.15, -0.1) is 0 Å². The summed E-state index contributed by atoms with van der Waals surface area (Å²) >= 11 is 0. The van der Waals surface area contributed by atoms with Gasteiger partial charge in [-0.3, -0.25) is 9.67 Å². The SMILES string of the molecule is CCn1nc2c3c1-c1cnc(N)c(c1)O[C@H](C)c1cc(F)ccc1-c1ncccc1C3CC2(F)F. The number of halogens is 3. The quantitative estimate of drug-likeness (QED) is 0.373. The van der Waals surface area contributed by atoms with Gasteiger partial charge < -0.3 is 10.5 Å². The van der Waals surface area contributed by atoms with Crippen LogP contribution in [0.4, 0.5) is 19.0 Å². The summed E-state index contributed by atoms with van der Waals surface area (Å²) in [5.41, 5.74) is 9.74. The molecule has 1 aliphatic carbocycles. The minimum absolute atomic E-state index is 0.148. The third kappa shape index (κ3) is 3.21. The fourth-order valence-corrected chi connectivity index (χ4v) is 5.27. The van der Waals surface area contributed by atoms with Crippen LogP contribution in [-0.2, 0) is 12.5 Å². The van der Waals surface area contributed by atoms with Crippen LogP contribution in [-0.4, -0.2) is 19.7 Å². The third-order valence-electron chi connectivity index (χ3n) is 6.82. The first-order valence-corrected chi connectivity index (χ1v) is 11.4. The Kier molecular flexibility index (Phi) is 4.67. The van der Waals surface area contributed by atoms with Crippen LogP contribution in [0.3, 0.4) is 0 Å². The molecule has 0 amide bonds. The number of rotatable bonds is 1. The van der Waals surface area contributed by atoms with E-state index in [2.05, 4.69) is 15.1 Å². The molecular weight excluding hydrogens is 455 g/mol. The maximum Gasteiger partial charge on any atom is 0.292 e. The van der Waals surface area contributed by atoms with Crippen molar-refractivity contribution in [3.05, 3.63) is 77.0 Å². The summed E-state index contributed by atoms with van der Waals surface area (Å²) in [6, 6.07) is 9.57. The number of alkyl halides is 2. The Bertz CT molecular complexity index is 1480. The Labute approximate surface area is 199 Å². The van der Waals surface area contributed by atoms with Gasteiger partial charge in [-0.05, 0) is 49.7 Å². The molecule has 2 atom stereocenters. The van der Waals surface area contributed by atoms with E-state index >= 15 is 8.78 Å². The van der Waals surface area contributed by atoms with Crippen LogP contribution in [0.5, 0.6) is 5.75 Å². The zero-order valence-corrected chi connectivity index (χ0v) is 19.1. The summed E-state index contributed by atoms with van der Waals surface area (Å²) in [5.74, 6) is -3.80. The van der Waals surface area contributed by atoms with Crippen molar-refractivity contribution in [2.75, 3.05) is 5.73 Å². The van der Waals surface area contributed by atoms with Gasteiger partial charge in [0.1, 0.15) is 17.6 Å². The number of hydrogen-bond acceptors (Lipinski definition) is 5. The number of ether oxygens (including phenoxy) is 1. The molecule has 0 fully saturated rings. The first kappa shape index (κ1) is 21.6. The standard InChI is InChI=1S/C26H22F3N5O/c1-3-34-23-14-9-20(25(30)32-12-14)35-13(2)18-10-15(27)6-7-17(18)22-16(5-4-8-31-22)19-11-26(28,29)24(33-34)21(19)23/h4-10,12-13,19H,3,11H2,1-2H3,(H2,30,32)/t13-,19?/m1/s1. The Hall–Kier alpha value is -3.88. The van der Waals surface area contributed by atoms with E-state index in [4.69, 9.17) is 10.5 Å². The molecule has 0 spiro atoms. The highest BCUT2D eigenvalue weighted by Gasteiger charge is 2.51. The zero-order valence-electron chi connectivity index (χ0n) is 19.1. The first-order valence-electron chi connectivity index (χ1n) is 11.4. The van der Waals surface area contributed by atoms with E-state index < -0.39 is 30.2 Å². The number of aromatic nitrogens is 4. The van der Waals surface area contributed by atoms with Gasteiger partial charge in [0.15, 0.2) is 11.6 Å². The maximum absolute atomic E-state index is 15.4. The molecule has 35 heavy (non-hydrogen) atoms. The van der Waals surface area contributed by atoms with Gasteiger partial charge in [0.05, 0.1) is 11.4 Å². The van der Waals surface area contributed by atoms with Crippen LogP contribution in [0.25, 0.3) is 22.5 Å². The van der Waals surface area contributed by atoms with Gasteiger partial charge >= 0.3 is 0 Å². The van der Waals surface area contributed by atoms with E-state index in [0.717, 1.165) is 0 Å². The Morgan fingerprint density at radius 2 is 2.00 bits per heavy atom. The summed E-state index contributed by atoms with van der Waals surface area (Å²) in [6.45, 7) is 4.03. The summed E-state index contributed by atoms with van der Waals surface area (Å²) < 4.78 is 52.9. The summed E-state index contributed by atoms with van der Waals surface area (Å²) in [6.07, 6.45) is 2.11. The molecule has 178 valence electrons. The van der Waals surface area contributed by atoms with Crippen LogP contribution in [0.15, 0.2) is 48.8 Å². The fraction of sp³-hybridized carbons (Fsp3) is 0.269. The number of nitrogen functional groups attached to an aromatic ring is 1. The molecule has 1 unspecified atom stereocenters. The molecule has 4 aromatic rings. The minimum atomic E-state index is -3.12. The second-order valence-electron chi connectivity index (χ2n) is 8.93. The number of benzene rings is 1. The average molecular weight is 477 g/mol. The van der Waals surface area contributed by atoms with Crippen LogP contribution in [0.2, 0.25) is 0 Å². The van der Waals surface area contributed by atoms with Crippen LogP contribution >= 0.6 is 0 Å². The summed E-state index contributed by atoms with van der Waals surface area (Å²) in [7, 11) is 0. The summed E-state index contributed by atoms with van der Waals surface area (Å²) in [5, 5.41) is 4.33. The summed E-state index contributed by atoms with van der Waals surface area (Å²) in [4.78, 5) is 8.87. The van der Waals surface area contributed by atoms with E-state index in [-0.39, 0.29) is 17.3 Å². The van der Waals surface area contributed by atoms with E-state index in [0.29, 0.717) is 45.7 Å². The first-order chi connectivity index (χ1) is 16.8. The highest BCUT2D eigenvalue weighted by molar-refractivity contribution is 5.75. The Morgan fingerprint density at radius 3 is 2.80 bits per heavy atom. The normalized spacial score (nSPS) is 19.6. The van der Waals surface area contributed by atoms with E-state index in [9.17, 15) is 4.39 Å². The second kappa shape index (κ2) is 7.56. The topological polar surface area (TPSA) is 78.9 Å². The molecule has 4 heterocycles. The molecule has 6 rings (SSSR count). The van der Waals surface area contributed by atoms with Gasteiger partial charge in [0.2, 0.25) is 0 Å². The van der Waals surface area contributed by atoms with Gasteiger partial charge in [-0.2, -0.15) is 13.9 Å². The number of aryl methyl sites for hydroxylation is 1. The number of anilines is 1. The molecule has 2 bridgehead atoms. The Balaban J connectivity index is 1.74. The molecule has 0 radical (unpaired) electrons. The molecular formula is C26H22F3N5O. The van der Waals surface area contributed by atoms with Crippen molar-refractivity contribution in [3.63, 3.8) is 0 Å². The van der Waals surface area contributed by atoms with Crippen molar-refractivity contribution >= 4 is 5.82 Å². The van der Waals surface area contributed by atoms with E-state index in [1.54, 1.807) is 42.2 Å². The van der Waals surface area contributed by atoms with Gasteiger partial charge in [0, 0.05) is 53.5 Å². The molecule has 6 nitrogen and oxygen atoms in total. The average Bonchev–Trinajstić information content (AvgIpc) is 3.35. The van der Waals surface area contributed by atoms with Crippen molar-refractivity contribution in [1.29, 1.82) is 0 Å². The maximum atomic E-state index is 15.4. The third-order valence-corrected chi connectivity index (χ3v) is 6.82.